The smallest absolute Gasteiger partial charge is 0.238 e. The number of rotatable bonds is 5. The van der Waals surface area contributed by atoms with Gasteiger partial charge in [-0.25, -0.2) is 9.80 Å². The molecule has 2 saturated heterocycles. The fourth-order valence-electron chi connectivity index (χ4n) is 7.45. The second-order valence-corrected chi connectivity index (χ2v) is 10.7. The lowest BCUT2D eigenvalue weighted by molar-refractivity contribution is -0.140. The monoisotopic (exact) mass is 534 g/mol. The number of imide groups is 2. The molecule has 2 bridgehead atoms. The van der Waals surface area contributed by atoms with Crippen molar-refractivity contribution in [3.8, 4) is 11.5 Å². The SMILES string of the molecule is COc1ccc(N2C(=O)[C@@H]3C4C=CC(c5ccccc5)([C@@H]3C2=O)[C@H]2C(=O)N(c3ccc(OC)cc3)C(=O)[C@@H]42)cc1. The average molecular weight is 535 g/mol. The van der Waals surface area contributed by atoms with Gasteiger partial charge in [0, 0.05) is 11.3 Å². The predicted octanol–water partition coefficient (Wildman–Crippen LogP) is 3.75. The molecule has 0 radical (unpaired) electrons. The first-order valence-electron chi connectivity index (χ1n) is 13.2. The molecule has 3 fully saturated rings. The minimum Gasteiger partial charge on any atom is -0.497 e. The summed E-state index contributed by atoms with van der Waals surface area (Å²) >= 11 is 0. The number of allylic oxidation sites excluding steroid dienone is 2. The zero-order chi connectivity index (χ0) is 27.8. The molecule has 0 N–H and O–H groups in total. The van der Waals surface area contributed by atoms with Crippen LogP contribution in [0.1, 0.15) is 5.56 Å². The van der Waals surface area contributed by atoms with Crippen LogP contribution in [0.25, 0.3) is 0 Å². The maximum absolute atomic E-state index is 14.3. The molecule has 2 unspecified atom stereocenters. The summed E-state index contributed by atoms with van der Waals surface area (Å²) in [5.41, 5.74) is 0.462. The van der Waals surface area contributed by atoms with Gasteiger partial charge in [0.2, 0.25) is 23.6 Å². The van der Waals surface area contributed by atoms with Gasteiger partial charge in [0.1, 0.15) is 11.5 Å². The highest BCUT2D eigenvalue weighted by atomic mass is 16.5. The highest BCUT2D eigenvalue weighted by Crippen LogP contribution is 2.65. The van der Waals surface area contributed by atoms with Crippen LogP contribution in [0.5, 0.6) is 11.5 Å². The Labute approximate surface area is 230 Å². The van der Waals surface area contributed by atoms with Gasteiger partial charge in [-0.2, -0.15) is 0 Å². The van der Waals surface area contributed by atoms with Crippen molar-refractivity contribution in [3.05, 3.63) is 96.6 Å². The molecular formula is C32H26N2O6. The van der Waals surface area contributed by atoms with Crippen molar-refractivity contribution in [2.45, 2.75) is 5.41 Å². The first-order valence-corrected chi connectivity index (χ1v) is 13.2. The van der Waals surface area contributed by atoms with Gasteiger partial charge < -0.3 is 9.47 Å². The van der Waals surface area contributed by atoms with Gasteiger partial charge in [-0.15, -0.1) is 0 Å². The Kier molecular flexibility index (Phi) is 5.26. The molecule has 3 aromatic carbocycles. The molecule has 4 amide bonds. The molecule has 40 heavy (non-hydrogen) atoms. The van der Waals surface area contributed by atoms with E-state index < -0.39 is 35.0 Å². The number of carbonyl (C=O) groups excluding carboxylic acids is 4. The molecule has 8 nitrogen and oxygen atoms in total. The Morgan fingerprint density at radius 1 is 0.600 bits per heavy atom. The van der Waals surface area contributed by atoms with Crippen molar-refractivity contribution < 1.29 is 28.7 Å². The van der Waals surface area contributed by atoms with E-state index in [0.717, 1.165) is 5.56 Å². The molecule has 0 aromatic heterocycles. The van der Waals surface area contributed by atoms with Crippen LogP contribution in [-0.2, 0) is 24.6 Å². The quantitative estimate of drug-likeness (QED) is 0.366. The maximum atomic E-state index is 14.3. The number of nitrogens with zero attached hydrogens (tertiary/aromatic N) is 2. The first-order chi connectivity index (χ1) is 19.4. The molecule has 200 valence electrons. The number of methoxy groups -OCH3 is 2. The van der Waals surface area contributed by atoms with E-state index in [1.165, 1.54) is 9.80 Å². The molecule has 3 aromatic rings. The minimum atomic E-state index is -1.16. The fraction of sp³-hybridized carbons (Fsp3) is 0.250. The number of hydrogen-bond acceptors (Lipinski definition) is 6. The van der Waals surface area contributed by atoms with E-state index in [4.69, 9.17) is 9.47 Å². The zero-order valence-corrected chi connectivity index (χ0v) is 21.9. The van der Waals surface area contributed by atoms with Crippen LogP contribution in [0.2, 0.25) is 0 Å². The number of anilines is 2. The number of benzene rings is 3. The van der Waals surface area contributed by atoms with Crippen molar-refractivity contribution in [1.82, 2.24) is 0 Å². The van der Waals surface area contributed by atoms with Gasteiger partial charge in [0.15, 0.2) is 0 Å². The van der Waals surface area contributed by atoms with Crippen LogP contribution in [0.4, 0.5) is 11.4 Å². The number of amides is 4. The van der Waals surface area contributed by atoms with E-state index >= 15 is 0 Å². The Hall–Kier alpha value is -4.72. The molecule has 6 atom stereocenters. The summed E-state index contributed by atoms with van der Waals surface area (Å²) in [7, 11) is 3.09. The fourth-order valence-corrected chi connectivity index (χ4v) is 7.45. The number of hydrogen-bond donors (Lipinski definition) is 0. The van der Waals surface area contributed by atoms with E-state index in [-0.39, 0.29) is 23.6 Å². The van der Waals surface area contributed by atoms with E-state index in [1.54, 1.807) is 62.8 Å². The Balaban J connectivity index is 1.39. The lowest BCUT2D eigenvalue weighted by atomic mass is 9.45. The van der Waals surface area contributed by atoms with Crippen molar-refractivity contribution in [2.75, 3.05) is 24.0 Å². The zero-order valence-electron chi connectivity index (χ0n) is 21.9. The summed E-state index contributed by atoms with van der Waals surface area (Å²) in [6.07, 6.45) is 3.81. The summed E-state index contributed by atoms with van der Waals surface area (Å²) in [5.74, 6) is -3.99. The van der Waals surface area contributed by atoms with Gasteiger partial charge >= 0.3 is 0 Å². The van der Waals surface area contributed by atoms with Gasteiger partial charge in [-0.1, -0.05) is 42.5 Å². The predicted molar refractivity (Wildman–Crippen MR) is 146 cm³/mol. The summed E-state index contributed by atoms with van der Waals surface area (Å²) in [5, 5.41) is 0. The largest absolute Gasteiger partial charge is 0.497 e. The molecule has 8 heteroatoms. The lowest BCUT2D eigenvalue weighted by Crippen LogP contribution is -2.60. The van der Waals surface area contributed by atoms with Gasteiger partial charge in [0.25, 0.3) is 0 Å². The topological polar surface area (TPSA) is 93.2 Å². The molecular weight excluding hydrogens is 508 g/mol. The highest BCUT2D eigenvalue weighted by Gasteiger charge is 2.75. The van der Waals surface area contributed by atoms with Gasteiger partial charge in [-0.3, -0.25) is 19.2 Å². The maximum Gasteiger partial charge on any atom is 0.238 e. The summed E-state index contributed by atoms with van der Waals surface area (Å²) in [4.78, 5) is 59.2. The summed E-state index contributed by atoms with van der Waals surface area (Å²) in [6, 6.07) is 22.9. The molecule has 3 aliphatic carbocycles. The molecule has 2 heterocycles. The second-order valence-electron chi connectivity index (χ2n) is 10.7. The average Bonchev–Trinajstić information content (AvgIpc) is 3.44. The van der Waals surface area contributed by atoms with Crippen LogP contribution >= 0.6 is 0 Å². The van der Waals surface area contributed by atoms with Crippen LogP contribution < -0.4 is 19.3 Å². The van der Waals surface area contributed by atoms with Crippen molar-refractivity contribution >= 4 is 35.0 Å². The van der Waals surface area contributed by atoms with E-state index in [2.05, 4.69) is 0 Å². The van der Waals surface area contributed by atoms with E-state index in [9.17, 15) is 19.2 Å². The van der Waals surface area contributed by atoms with Crippen molar-refractivity contribution in [3.63, 3.8) is 0 Å². The third-order valence-corrected chi connectivity index (χ3v) is 9.09. The summed E-state index contributed by atoms with van der Waals surface area (Å²) < 4.78 is 10.5. The third-order valence-electron chi connectivity index (χ3n) is 9.09. The van der Waals surface area contributed by atoms with Gasteiger partial charge in [0.05, 0.1) is 49.3 Å². The Bertz CT molecular complexity index is 1490. The van der Waals surface area contributed by atoms with Crippen molar-refractivity contribution in [2.24, 2.45) is 29.6 Å². The van der Waals surface area contributed by atoms with Crippen molar-refractivity contribution in [1.29, 1.82) is 0 Å². The molecule has 8 rings (SSSR count). The Morgan fingerprint density at radius 2 is 1.05 bits per heavy atom. The summed E-state index contributed by atoms with van der Waals surface area (Å²) in [6.45, 7) is 0. The minimum absolute atomic E-state index is 0.351. The second kappa shape index (κ2) is 8.64. The van der Waals surface area contributed by atoms with Crippen LogP contribution in [0, 0.1) is 29.6 Å². The molecule has 5 aliphatic rings. The number of carbonyl (C=O) groups is 4. The standard InChI is InChI=1S/C32H26N2O6/c1-39-21-12-8-19(9-13-21)33-28(35)24-23-16-17-32(26(24)30(33)37,18-6-4-3-5-7-18)27-25(23)29(36)34(31(27)38)20-10-14-22(40-2)15-11-20/h3-17,23-27H,1-2H3/t23?,24-,25+,26+,27-,32?. The van der Waals surface area contributed by atoms with Crippen LogP contribution in [0.15, 0.2) is 91.0 Å². The highest BCUT2D eigenvalue weighted by molar-refractivity contribution is 6.27. The first kappa shape index (κ1) is 24.3. The lowest BCUT2D eigenvalue weighted by Gasteiger charge is -2.53. The molecule has 0 spiro atoms. The van der Waals surface area contributed by atoms with Crippen LogP contribution in [0.3, 0.4) is 0 Å². The molecule has 1 saturated carbocycles. The third kappa shape index (κ3) is 3.01. The van der Waals surface area contributed by atoms with Gasteiger partial charge in [-0.05, 0) is 54.1 Å². The van der Waals surface area contributed by atoms with E-state index in [0.29, 0.717) is 22.9 Å². The van der Waals surface area contributed by atoms with E-state index in [1.807, 2.05) is 42.5 Å². The van der Waals surface area contributed by atoms with Crippen LogP contribution in [-0.4, -0.2) is 37.8 Å². The Morgan fingerprint density at radius 3 is 1.48 bits per heavy atom. The normalized spacial score (nSPS) is 30.1. The number of ether oxygens (including phenoxy) is 2. The molecule has 2 aliphatic heterocycles.